The molecule has 1 aliphatic rings. The van der Waals surface area contributed by atoms with E-state index in [4.69, 9.17) is 16.0 Å². The van der Waals surface area contributed by atoms with Crippen molar-refractivity contribution in [3.8, 4) is 0 Å². The first-order valence-corrected chi connectivity index (χ1v) is 11.0. The number of nitro groups is 2. The molecule has 0 fully saturated rings. The van der Waals surface area contributed by atoms with Crippen LogP contribution in [0.5, 0.6) is 0 Å². The van der Waals surface area contributed by atoms with Gasteiger partial charge >= 0.3 is 5.69 Å². The van der Waals surface area contributed by atoms with Crippen molar-refractivity contribution in [2.24, 2.45) is 5.10 Å². The second-order valence-electron chi connectivity index (χ2n) is 7.87. The molecule has 3 aromatic rings. The number of furan rings is 1. The molecule has 0 aliphatic heterocycles. The second-order valence-corrected chi connectivity index (χ2v) is 8.28. The van der Waals surface area contributed by atoms with E-state index in [-0.39, 0.29) is 18.0 Å². The van der Waals surface area contributed by atoms with Gasteiger partial charge in [0.2, 0.25) is 0 Å². The number of halogens is 1. The summed E-state index contributed by atoms with van der Waals surface area (Å²) in [6, 6.07) is 10.5. The zero-order valence-corrected chi connectivity index (χ0v) is 19.3. The molecule has 0 bridgehead atoms. The lowest BCUT2D eigenvalue weighted by Crippen LogP contribution is -2.23. The third-order valence-corrected chi connectivity index (χ3v) is 6.00. The van der Waals surface area contributed by atoms with Crippen LogP contribution in [0.2, 0.25) is 5.02 Å². The zero-order chi connectivity index (χ0) is 25.1. The van der Waals surface area contributed by atoms with Crippen LogP contribution in [0, 0.1) is 27.2 Å². The number of hydrogen-bond donors (Lipinski definition) is 2. The van der Waals surface area contributed by atoms with Crippen LogP contribution < -0.4 is 10.7 Å². The number of anilines is 1. The van der Waals surface area contributed by atoms with Gasteiger partial charge in [-0.2, -0.15) is 5.10 Å². The molecule has 0 spiro atoms. The van der Waals surface area contributed by atoms with Crippen molar-refractivity contribution in [2.75, 3.05) is 5.43 Å². The Hall–Kier alpha value is -4.25. The summed E-state index contributed by atoms with van der Waals surface area (Å²) in [4.78, 5) is 33.7. The molecule has 4 rings (SSSR count). The van der Waals surface area contributed by atoms with Crippen molar-refractivity contribution in [3.63, 3.8) is 0 Å². The maximum atomic E-state index is 12.8. The predicted octanol–water partition coefficient (Wildman–Crippen LogP) is 5.14. The molecule has 1 aromatic heterocycles. The summed E-state index contributed by atoms with van der Waals surface area (Å²) < 4.78 is 5.87. The van der Waals surface area contributed by atoms with E-state index >= 15 is 0 Å². The molecule has 0 atom stereocenters. The van der Waals surface area contributed by atoms with Gasteiger partial charge in [0.05, 0.1) is 21.6 Å². The third-order valence-electron chi connectivity index (χ3n) is 5.63. The molecule has 2 N–H and O–H groups in total. The highest BCUT2D eigenvalue weighted by atomic mass is 35.5. The SMILES string of the molecule is Cc1c(C(=O)NCc2ccccc2Cl)oc2c1/C(=N/Nc1ccc([N+](=O)[O-])cc1[N+](=O)[O-])CCC2. The summed E-state index contributed by atoms with van der Waals surface area (Å²) in [5.41, 5.74) is 4.43. The Bertz CT molecular complexity index is 1370. The highest BCUT2D eigenvalue weighted by Crippen LogP contribution is 2.32. The van der Waals surface area contributed by atoms with Crippen LogP contribution in [0.15, 0.2) is 52.0 Å². The highest BCUT2D eigenvalue weighted by molar-refractivity contribution is 6.31. The van der Waals surface area contributed by atoms with Crippen molar-refractivity contribution in [1.82, 2.24) is 5.32 Å². The maximum absolute atomic E-state index is 12.8. The van der Waals surface area contributed by atoms with Gasteiger partial charge in [0.1, 0.15) is 11.4 Å². The van der Waals surface area contributed by atoms with E-state index in [0.29, 0.717) is 46.9 Å². The largest absolute Gasteiger partial charge is 0.455 e. The second kappa shape index (κ2) is 9.94. The molecule has 1 amide bonds. The Morgan fingerprint density at radius 3 is 2.63 bits per heavy atom. The number of aryl methyl sites for hydroxylation is 1. The van der Waals surface area contributed by atoms with Crippen LogP contribution in [0.25, 0.3) is 0 Å². The first-order valence-electron chi connectivity index (χ1n) is 10.7. The van der Waals surface area contributed by atoms with Gasteiger partial charge in [0, 0.05) is 35.2 Å². The summed E-state index contributed by atoms with van der Waals surface area (Å²) in [5.74, 6) is 0.378. The lowest BCUT2D eigenvalue weighted by molar-refractivity contribution is -0.393. The van der Waals surface area contributed by atoms with Crippen molar-refractivity contribution >= 4 is 40.3 Å². The van der Waals surface area contributed by atoms with E-state index in [9.17, 15) is 25.0 Å². The monoisotopic (exact) mass is 497 g/mol. The number of amides is 1. The molecule has 0 unspecified atom stereocenters. The molecule has 35 heavy (non-hydrogen) atoms. The van der Waals surface area contributed by atoms with E-state index in [1.165, 1.54) is 6.07 Å². The Balaban J connectivity index is 1.58. The number of rotatable bonds is 7. The molecule has 180 valence electrons. The quantitative estimate of drug-likeness (QED) is 0.338. The van der Waals surface area contributed by atoms with Crippen molar-refractivity contribution in [3.05, 3.63) is 95.9 Å². The fourth-order valence-electron chi connectivity index (χ4n) is 3.90. The smallest absolute Gasteiger partial charge is 0.301 e. The number of hydrazone groups is 1. The molecular weight excluding hydrogens is 478 g/mol. The summed E-state index contributed by atoms with van der Waals surface area (Å²) in [5, 5.41) is 30.0. The number of carbonyl (C=O) groups excluding carboxylic acids is 1. The number of nitrogens with zero attached hydrogens (tertiary/aromatic N) is 3. The van der Waals surface area contributed by atoms with Gasteiger partial charge in [-0.1, -0.05) is 29.8 Å². The number of benzene rings is 2. The molecule has 1 aliphatic carbocycles. The lowest BCUT2D eigenvalue weighted by atomic mass is 9.93. The van der Waals surface area contributed by atoms with Gasteiger partial charge in [0.15, 0.2) is 5.76 Å². The molecule has 0 saturated heterocycles. The van der Waals surface area contributed by atoms with Gasteiger partial charge in [-0.15, -0.1) is 0 Å². The number of nitro benzene ring substituents is 2. The van der Waals surface area contributed by atoms with E-state index in [2.05, 4.69) is 15.8 Å². The Kier molecular flexibility index (Phi) is 6.78. The van der Waals surface area contributed by atoms with Crippen LogP contribution >= 0.6 is 11.6 Å². The van der Waals surface area contributed by atoms with Gasteiger partial charge < -0.3 is 9.73 Å². The number of carbonyl (C=O) groups is 1. The van der Waals surface area contributed by atoms with E-state index in [1.807, 2.05) is 12.1 Å². The third kappa shape index (κ3) is 4.99. The maximum Gasteiger partial charge on any atom is 0.301 e. The minimum absolute atomic E-state index is 0.0130. The molecule has 11 nitrogen and oxygen atoms in total. The number of hydrogen-bond acceptors (Lipinski definition) is 8. The topological polar surface area (TPSA) is 153 Å². The summed E-state index contributed by atoms with van der Waals surface area (Å²) >= 11 is 6.15. The summed E-state index contributed by atoms with van der Waals surface area (Å²) in [6.45, 7) is 1.98. The first kappa shape index (κ1) is 23.9. The van der Waals surface area contributed by atoms with Crippen LogP contribution in [0.3, 0.4) is 0 Å². The minimum Gasteiger partial charge on any atom is -0.455 e. The molecule has 2 aromatic carbocycles. The molecular formula is C23H20ClN5O6. The summed E-state index contributed by atoms with van der Waals surface area (Å²) in [7, 11) is 0. The van der Waals surface area contributed by atoms with E-state index in [0.717, 1.165) is 17.7 Å². The van der Waals surface area contributed by atoms with Crippen LogP contribution in [-0.2, 0) is 13.0 Å². The van der Waals surface area contributed by atoms with E-state index < -0.39 is 27.1 Å². The molecule has 0 saturated carbocycles. The lowest BCUT2D eigenvalue weighted by Gasteiger charge is -2.13. The fraction of sp³-hybridized carbons (Fsp3) is 0.217. The standard InChI is InChI=1S/C23H20ClN5O6/c1-13-21-18(27-26-17-10-9-15(28(31)32)11-19(17)29(33)34)7-4-8-20(21)35-22(13)23(30)25-12-14-5-2-3-6-16(14)24/h2-3,5-6,9-11,26H,4,7-8,12H2,1H3,(H,25,30)/b27-18+. The normalized spacial score (nSPS) is 13.8. The van der Waals surface area contributed by atoms with Gasteiger partial charge in [-0.3, -0.25) is 30.4 Å². The van der Waals surface area contributed by atoms with Crippen molar-refractivity contribution in [1.29, 1.82) is 0 Å². The Morgan fingerprint density at radius 1 is 1.14 bits per heavy atom. The minimum atomic E-state index is -0.716. The molecule has 0 radical (unpaired) electrons. The van der Waals surface area contributed by atoms with Crippen LogP contribution in [0.1, 0.15) is 45.8 Å². The molecule has 12 heteroatoms. The number of fused-ring (bicyclic) bond motifs is 1. The zero-order valence-electron chi connectivity index (χ0n) is 18.5. The summed E-state index contributed by atoms with van der Waals surface area (Å²) in [6.07, 6.45) is 1.88. The van der Waals surface area contributed by atoms with E-state index in [1.54, 1.807) is 19.1 Å². The highest BCUT2D eigenvalue weighted by Gasteiger charge is 2.28. The van der Waals surface area contributed by atoms with Crippen molar-refractivity contribution in [2.45, 2.75) is 32.7 Å². The van der Waals surface area contributed by atoms with Gasteiger partial charge in [0.25, 0.3) is 11.6 Å². The average Bonchev–Trinajstić information content (AvgIpc) is 3.19. The fourth-order valence-corrected chi connectivity index (χ4v) is 4.10. The average molecular weight is 498 g/mol. The van der Waals surface area contributed by atoms with Crippen molar-refractivity contribution < 1.29 is 19.1 Å². The molecule has 1 heterocycles. The Morgan fingerprint density at radius 2 is 1.91 bits per heavy atom. The van der Waals surface area contributed by atoms with Crippen LogP contribution in [0.4, 0.5) is 17.1 Å². The first-order chi connectivity index (χ1) is 16.8. The number of nitrogens with one attached hydrogen (secondary N) is 2. The Labute approximate surface area is 204 Å². The van der Waals surface area contributed by atoms with Gasteiger partial charge in [-0.05, 0) is 37.5 Å². The van der Waals surface area contributed by atoms with Crippen LogP contribution in [-0.4, -0.2) is 21.5 Å². The number of non-ortho nitro benzene ring substituents is 1. The van der Waals surface area contributed by atoms with Gasteiger partial charge in [-0.25, -0.2) is 0 Å². The predicted molar refractivity (Wildman–Crippen MR) is 129 cm³/mol.